The number of halogens is 3. The number of carboxylic acids is 1. The fourth-order valence-electron chi connectivity index (χ4n) is 4.47. The summed E-state index contributed by atoms with van der Waals surface area (Å²) in [6.45, 7) is 1.82. The summed E-state index contributed by atoms with van der Waals surface area (Å²) in [5.41, 5.74) is 0.678. The van der Waals surface area contributed by atoms with Crippen molar-refractivity contribution >= 4 is 29.3 Å². The van der Waals surface area contributed by atoms with Crippen LogP contribution in [0.1, 0.15) is 47.7 Å². The Labute approximate surface area is 210 Å². The van der Waals surface area contributed by atoms with E-state index in [0.717, 1.165) is 17.7 Å². The van der Waals surface area contributed by atoms with Gasteiger partial charge in [-0.25, -0.2) is 9.78 Å². The minimum atomic E-state index is -4.53. The summed E-state index contributed by atoms with van der Waals surface area (Å²) in [4.78, 5) is 45.1. The van der Waals surface area contributed by atoms with Gasteiger partial charge in [0.15, 0.2) is 11.6 Å². The third kappa shape index (κ3) is 5.60. The van der Waals surface area contributed by atoms with Crippen LogP contribution in [0.15, 0.2) is 54.9 Å². The molecule has 37 heavy (non-hydrogen) atoms. The van der Waals surface area contributed by atoms with E-state index in [1.807, 2.05) is 13.0 Å². The van der Waals surface area contributed by atoms with Gasteiger partial charge in [0.25, 0.3) is 0 Å². The van der Waals surface area contributed by atoms with E-state index >= 15 is 0 Å². The molecule has 0 bridgehead atoms. The first-order valence-corrected chi connectivity index (χ1v) is 11.5. The van der Waals surface area contributed by atoms with E-state index in [1.165, 1.54) is 24.5 Å². The van der Waals surface area contributed by atoms with Gasteiger partial charge in [-0.15, -0.1) is 0 Å². The number of ketones is 1. The molecule has 2 aromatic carbocycles. The molecule has 0 aliphatic heterocycles. The van der Waals surface area contributed by atoms with Crippen LogP contribution in [0.25, 0.3) is 11.3 Å². The number of nitrogens with zero attached hydrogens (tertiary/aromatic N) is 2. The van der Waals surface area contributed by atoms with Crippen molar-refractivity contribution in [1.82, 2.24) is 9.97 Å². The molecule has 0 saturated carbocycles. The smallest absolute Gasteiger partial charge is 0.416 e. The number of alkyl halides is 3. The molecule has 0 radical (unpaired) electrons. The zero-order valence-electron chi connectivity index (χ0n) is 19.7. The number of amides is 2. The second kappa shape index (κ2) is 10.00. The van der Waals surface area contributed by atoms with Crippen LogP contribution in [0.2, 0.25) is 0 Å². The second-order valence-corrected chi connectivity index (χ2v) is 8.85. The van der Waals surface area contributed by atoms with Crippen LogP contribution in [0.5, 0.6) is 0 Å². The number of aromatic nitrogens is 2. The number of urea groups is 1. The highest BCUT2D eigenvalue weighted by Crippen LogP contribution is 2.42. The van der Waals surface area contributed by atoms with E-state index in [4.69, 9.17) is 0 Å². The third-order valence-corrected chi connectivity index (χ3v) is 6.51. The summed E-state index contributed by atoms with van der Waals surface area (Å²) in [5, 5.41) is 14.0. The predicted octanol–water partition coefficient (Wildman–Crippen LogP) is 5.81. The summed E-state index contributed by atoms with van der Waals surface area (Å²) < 4.78 is 38.6. The molecular weight excluding hydrogens is 489 g/mol. The number of benzene rings is 2. The molecule has 1 aliphatic rings. The Hall–Kier alpha value is -4.28. The van der Waals surface area contributed by atoms with Gasteiger partial charge in [-0.2, -0.15) is 13.2 Å². The van der Waals surface area contributed by atoms with Crippen molar-refractivity contribution < 1.29 is 32.7 Å². The van der Waals surface area contributed by atoms with Crippen LogP contribution in [0.3, 0.4) is 0 Å². The van der Waals surface area contributed by atoms with Gasteiger partial charge < -0.3 is 10.4 Å². The maximum Gasteiger partial charge on any atom is 0.416 e. The van der Waals surface area contributed by atoms with Gasteiger partial charge >= 0.3 is 18.2 Å². The molecule has 1 aromatic heterocycles. The number of rotatable bonds is 6. The average molecular weight is 512 g/mol. The lowest BCUT2D eigenvalue weighted by Crippen LogP contribution is -2.37. The first kappa shape index (κ1) is 25.8. The highest BCUT2D eigenvalue weighted by atomic mass is 19.4. The van der Waals surface area contributed by atoms with Gasteiger partial charge in [-0.05, 0) is 49.1 Å². The molecule has 1 unspecified atom stereocenters. The zero-order chi connectivity index (χ0) is 26.8. The van der Waals surface area contributed by atoms with Crippen LogP contribution >= 0.6 is 0 Å². The Morgan fingerprint density at radius 3 is 2.51 bits per heavy atom. The van der Waals surface area contributed by atoms with Crippen LogP contribution in [0.4, 0.5) is 29.5 Å². The lowest BCUT2D eigenvalue weighted by atomic mass is 9.67. The standard InChI is InChI=1S/C26H23F3N4O4/c1-2-25(12-22(34)35)9-8-15-10-16(6-7-19(15)23(25)36)20-13-31-21(14-30-20)33-24(37)32-18-5-3-4-17(11-18)26(27,28)29/h3-7,10-11,13-14H,2,8-9,12H2,1H3,(H,34,35)(H2,31,32,33,37). The number of aliphatic carboxylic acids is 1. The number of hydrogen-bond donors (Lipinski definition) is 3. The van der Waals surface area contributed by atoms with Crippen molar-refractivity contribution in [1.29, 1.82) is 0 Å². The number of Topliss-reactive ketones (excluding diaryl/α,β-unsaturated/α-hetero) is 1. The summed E-state index contributed by atoms with van der Waals surface area (Å²) in [7, 11) is 0. The Kier molecular flexibility index (Phi) is 6.97. The SMILES string of the molecule is CCC1(CC(=O)O)CCc2cc(-c3cnc(NC(=O)Nc4cccc(C(F)(F)F)c4)cn3)ccc2C1=O. The van der Waals surface area contributed by atoms with E-state index in [0.29, 0.717) is 36.1 Å². The van der Waals surface area contributed by atoms with Crippen LogP contribution in [-0.2, 0) is 17.4 Å². The largest absolute Gasteiger partial charge is 0.481 e. The summed E-state index contributed by atoms with van der Waals surface area (Å²) in [6.07, 6.45) is -0.560. The molecule has 3 N–H and O–H groups in total. The number of hydrogen-bond acceptors (Lipinski definition) is 5. The first-order valence-electron chi connectivity index (χ1n) is 11.5. The minimum absolute atomic E-state index is 0.0315. The van der Waals surface area contributed by atoms with Crippen molar-refractivity contribution in [2.75, 3.05) is 10.6 Å². The van der Waals surface area contributed by atoms with Crippen molar-refractivity contribution in [3.05, 3.63) is 71.5 Å². The van der Waals surface area contributed by atoms with Gasteiger partial charge in [0.2, 0.25) is 0 Å². The van der Waals surface area contributed by atoms with Gasteiger partial charge in [-0.1, -0.05) is 25.1 Å². The van der Waals surface area contributed by atoms with Gasteiger partial charge in [0, 0.05) is 22.2 Å². The highest BCUT2D eigenvalue weighted by molar-refractivity contribution is 6.04. The maximum atomic E-state index is 13.1. The normalized spacial score (nSPS) is 17.1. The maximum absolute atomic E-state index is 13.1. The molecule has 0 saturated heterocycles. The zero-order valence-corrected chi connectivity index (χ0v) is 19.7. The minimum Gasteiger partial charge on any atom is -0.481 e. The molecule has 2 amide bonds. The fourth-order valence-corrected chi connectivity index (χ4v) is 4.47. The molecule has 1 atom stereocenters. The van der Waals surface area contributed by atoms with Gasteiger partial charge in [0.1, 0.15) is 0 Å². The number of nitrogens with one attached hydrogen (secondary N) is 2. The lowest BCUT2D eigenvalue weighted by Gasteiger charge is -2.34. The molecule has 0 fully saturated rings. The Balaban J connectivity index is 1.45. The first-order chi connectivity index (χ1) is 17.5. The number of aryl methyl sites for hydroxylation is 1. The molecule has 8 nitrogen and oxygen atoms in total. The number of anilines is 2. The molecule has 4 rings (SSSR count). The van der Waals surface area contributed by atoms with E-state index in [-0.39, 0.29) is 23.7 Å². The number of carbonyl (C=O) groups excluding carboxylic acids is 2. The molecule has 1 aliphatic carbocycles. The molecule has 0 spiro atoms. The summed E-state index contributed by atoms with van der Waals surface area (Å²) in [6, 6.07) is 8.67. The van der Waals surface area contributed by atoms with Crippen molar-refractivity contribution in [3.63, 3.8) is 0 Å². The molecule has 3 aromatic rings. The van der Waals surface area contributed by atoms with Crippen LogP contribution in [-0.4, -0.2) is 32.9 Å². The molecule has 11 heteroatoms. The fraction of sp³-hybridized carbons (Fsp3) is 0.269. The van der Waals surface area contributed by atoms with E-state index < -0.39 is 29.2 Å². The Morgan fingerprint density at radius 1 is 1.08 bits per heavy atom. The highest BCUT2D eigenvalue weighted by Gasteiger charge is 2.42. The van der Waals surface area contributed by atoms with Crippen molar-refractivity contribution in [3.8, 4) is 11.3 Å². The second-order valence-electron chi connectivity index (χ2n) is 8.85. The Morgan fingerprint density at radius 2 is 1.86 bits per heavy atom. The van der Waals surface area contributed by atoms with Crippen LogP contribution < -0.4 is 10.6 Å². The van der Waals surface area contributed by atoms with Gasteiger partial charge in [-0.3, -0.25) is 19.9 Å². The van der Waals surface area contributed by atoms with E-state index in [9.17, 15) is 32.7 Å². The molecule has 1 heterocycles. The Bertz CT molecular complexity index is 1360. The quantitative estimate of drug-likeness (QED) is 0.383. The number of fused-ring (bicyclic) bond motifs is 1. The average Bonchev–Trinajstić information content (AvgIpc) is 2.85. The number of carboxylic acid groups (broad SMARTS) is 1. The monoisotopic (exact) mass is 512 g/mol. The van der Waals surface area contributed by atoms with E-state index in [1.54, 1.807) is 12.1 Å². The predicted molar refractivity (Wildman–Crippen MR) is 129 cm³/mol. The van der Waals surface area contributed by atoms with Crippen LogP contribution in [0, 0.1) is 5.41 Å². The summed E-state index contributed by atoms with van der Waals surface area (Å²) >= 11 is 0. The van der Waals surface area contributed by atoms with Crippen molar-refractivity contribution in [2.24, 2.45) is 5.41 Å². The lowest BCUT2D eigenvalue weighted by molar-refractivity contribution is -0.139. The van der Waals surface area contributed by atoms with Crippen molar-refractivity contribution in [2.45, 2.75) is 38.8 Å². The molecule has 192 valence electrons. The van der Waals surface area contributed by atoms with E-state index in [2.05, 4.69) is 20.6 Å². The molecular formula is C26H23F3N4O4. The number of carbonyl (C=O) groups is 3. The van der Waals surface area contributed by atoms with Gasteiger partial charge in [0.05, 0.1) is 30.1 Å². The topological polar surface area (TPSA) is 121 Å². The third-order valence-electron chi connectivity index (χ3n) is 6.51. The summed E-state index contributed by atoms with van der Waals surface area (Å²) in [5.74, 6) is -1.08.